The van der Waals surface area contributed by atoms with Crippen LogP contribution in [0.5, 0.6) is 5.75 Å². The largest absolute Gasteiger partial charge is 0.494 e. The first kappa shape index (κ1) is 18.8. The summed E-state index contributed by atoms with van der Waals surface area (Å²) < 4.78 is 10.6. The molecule has 2 rings (SSSR count). The van der Waals surface area contributed by atoms with Gasteiger partial charge in [-0.05, 0) is 31.2 Å². The molecular formula is C18H24N4O3. The normalized spacial score (nSPS) is 15.3. The van der Waals surface area contributed by atoms with E-state index in [2.05, 4.69) is 15.5 Å². The molecule has 0 radical (unpaired) electrons. The van der Waals surface area contributed by atoms with E-state index in [1.165, 1.54) is 6.20 Å². The minimum Gasteiger partial charge on any atom is -0.494 e. The molecular weight excluding hydrogens is 320 g/mol. The third kappa shape index (κ3) is 6.45. The first-order valence-electron chi connectivity index (χ1n) is 8.41. The van der Waals surface area contributed by atoms with Crippen LogP contribution in [0.25, 0.3) is 0 Å². The molecule has 0 spiro atoms. The van der Waals surface area contributed by atoms with Gasteiger partial charge in [0.25, 0.3) is 5.91 Å². The number of hydrogen-bond donors (Lipinski definition) is 2. The van der Waals surface area contributed by atoms with Gasteiger partial charge in [-0.2, -0.15) is 5.26 Å². The van der Waals surface area contributed by atoms with E-state index in [4.69, 9.17) is 9.47 Å². The molecule has 1 aromatic rings. The number of carbonyl (C=O) groups excluding carboxylic acids is 1. The summed E-state index contributed by atoms with van der Waals surface area (Å²) in [5.41, 5.74) is 0.813. The predicted molar refractivity (Wildman–Crippen MR) is 95.2 cm³/mol. The lowest BCUT2D eigenvalue weighted by Crippen LogP contribution is -2.41. The SMILES string of the molecule is CCOc1ccc(N/C=C(/C#N)C(=O)NCCN2CCOCC2)cc1. The van der Waals surface area contributed by atoms with Gasteiger partial charge < -0.3 is 20.1 Å². The molecule has 1 aliphatic rings. The fourth-order valence-electron chi connectivity index (χ4n) is 2.37. The molecule has 7 nitrogen and oxygen atoms in total. The number of nitrogens with one attached hydrogen (secondary N) is 2. The fourth-order valence-corrected chi connectivity index (χ4v) is 2.37. The Labute approximate surface area is 148 Å². The Morgan fingerprint density at radius 3 is 2.72 bits per heavy atom. The molecule has 1 fully saturated rings. The van der Waals surface area contributed by atoms with Crippen molar-refractivity contribution in [3.63, 3.8) is 0 Å². The van der Waals surface area contributed by atoms with E-state index < -0.39 is 0 Å². The van der Waals surface area contributed by atoms with Crippen molar-refractivity contribution in [2.24, 2.45) is 0 Å². The van der Waals surface area contributed by atoms with Crippen molar-refractivity contribution in [1.29, 1.82) is 5.26 Å². The van der Waals surface area contributed by atoms with Crippen molar-refractivity contribution in [1.82, 2.24) is 10.2 Å². The Bertz CT molecular complexity index is 616. The van der Waals surface area contributed by atoms with Gasteiger partial charge in [0.1, 0.15) is 17.4 Å². The van der Waals surface area contributed by atoms with Gasteiger partial charge in [-0.3, -0.25) is 9.69 Å². The predicted octanol–water partition coefficient (Wildman–Crippen LogP) is 1.35. The zero-order valence-corrected chi connectivity index (χ0v) is 14.5. The third-order valence-corrected chi connectivity index (χ3v) is 3.73. The monoisotopic (exact) mass is 344 g/mol. The Hall–Kier alpha value is -2.56. The smallest absolute Gasteiger partial charge is 0.263 e. The van der Waals surface area contributed by atoms with Gasteiger partial charge in [-0.1, -0.05) is 0 Å². The highest BCUT2D eigenvalue weighted by Crippen LogP contribution is 2.15. The molecule has 0 atom stereocenters. The van der Waals surface area contributed by atoms with Crippen LogP contribution in [-0.2, 0) is 9.53 Å². The highest BCUT2D eigenvalue weighted by atomic mass is 16.5. The van der Waals surface area contributed by atoms with Gasteiger partial charge in [-0.25, -0.2) is 0 Å². The molecule has 1 aromatic carbocycles. The van der Waals surface area contributed by atoms with Crippen LogP contribution >= 0.6 is 0 Å². The summed E-state index contributed by atoms with van der Waals surface area (Å²) in [6, 6.07) is 9.23. The number of nitrogens with zero attached hydrogens (tertiary/aromatic N) is 2. The van der Waals surface area contributed by atoms with Crippen molar-refractivity contribution >= 4 is 11.6 Å². The number of benzene rings is 1. The van der Waals surface area contributed by atoms with Crippen LogP contribution in [0.2, 0.25) is 0 Å². The van der Waals surface area contributed by atoms with Gasteiger partial charge in [0.2, 0.25) is 0 Å². The van der Waals surface area contributed by atoms with E-state index in [0.717, 1.165) is 44.3 Å². The van der Waals surface area contributed by atoms with E-state index in [0.29, 0.717) is 13.2 Å². The molecule has 0 bridgehead atoms. The van der Waals surface area contributed by atoms with E-state index in [9.17, 15) is 10.1 Å². The lowest BCUT2D eigenvalue weighted by Gasteiger charge is -2.26. The molecule has 134 valence electrons. The Morgan fingerprint density at radius 2 is 2.08 bits per heavy atom. The van der Waals surface area contributed by atoms with Crippen LogP contribution < -0.4 is 15.4 Å². The zero-order chi connectivity index (χ0) is 17.9. The minimum atomic E-state index is -0.380. The van der Waals surface area contributed by atoms with Crippen LogP contribution in [0.1, 0.15) is 6.92 Å². The van der Waals surface area contributed by atoms with Crippen molar-refractivity contribution in [2.45, 2.75) is 6.92 Å². The van der Waals surface area contributed by atoms with Crippen molar-refractivity contribution in [3.8, 4) is 11.8 Å². The second kappa shape index (κ2) is 10.3. The lowest BCUT2D eigenvalue weighted by atomic mass is 10.2. The number of hydrogen-bond acceptors (Lipinski definition) is 6. The Morgan fingerprint density at radius 1 is 1.36 bits per heavy atom. The average Bonchev–Trinajstić information content (AvgIpc) is 2.65. The Kier molecular flexibility index (Phi) is 7.76. The molecule has 2 N–H and O–H groups in total. The summed E-state index contributed by atoms with van der Waals surface area (Å²) in [4.78, 5) is 14.3. The van der Waals surface area contributed by atoms with Crippen LogP contribution in [0.4, 0.5) is 5.69 Å². The molecule has 1 aliphatic heterocycles. The number of amides is 1. The van der Waals surface area contributed by atoms with Gasteiger partial charge in [-0.15, -0.1) is 0 Å². The van der Waals surface area contributed by atoms with Crippen LogP contribution in [-0.4, -0.2) is 56.8 Å². The highest BCUT2D eigenvalue weighted by Gasteiger charge is 2.12. The molecule has 25 heavy (non-hydrogen) atoms. The standard InChI is InChI=1S/C18H24N4O3/c1-2-25-17-5-3-16(4-6-17)21-14-15(13-19)18(23)20-7-8-22-9-11-24-12-10-22/h3-6,14,21H,2,7-12H2,1H3,(H,20,23)/b15-14-. The molecule has 1 amide bonds. The van der Waals surface area contributed by atoms with E-state index in [1.54, 1.807) is 0 Å². The zero-order valence-electron chi connectivity index (χ0n) is 14.5. The molecule has 0 saturated carbocycles. The summed E-state index contributed by atoms with van der Waals surface area (Å²) in [5, 5.41) is 14.9. The lowest BCUT2D eigenvalue weighted by molar-refractivity contribution is -0.117. The second-order valence-corrected chi connectivity index (χ2v) is 5.48. The maximum absolute atomic E-state index is 12.1. The van der Waals surface area contributed by atoms with E-state index in [-0.39, 0.29) is 11.5 Å². The number of anilines is 1. The molecule has 0 aromatic heterocycles. The van der Waals surface area contributed by atoms with Gasteiger partial charge in [0.15, 0.2) is 0 Å². The summed E-state index contributed by atoms with van der Waals surface area (Å²) in [7, 11) is 0. The average molecular weight is 344 g/mol. The molecule has 7 heteroatoms. The summed E-state index contributed by atoms with van der Waals surface area (Å²) in [6.45, 7) is 6.97. The van der Waals surface area contributed by atoms with E-state index >= 15 is 0 Å². The summed E-state index contributed by atoms with van der Waals surface area (Å²) in [5.74, 6) is 0.396. The topological polar surface area (TPSA) is 86.6 Å². The van der Waals surface area contributed by atoms with Crippen molar-refractivity contribution in [2.75, 3.05) is 51.3 Å². The highest BCUT2D eigenvalue weighted by molar-refractivity contribution is 5.97. The first-order chi connectivity index (χ1) is 12.2. The van der Waals surface area contributed by atoms with E-state index in [1.807, 2.05) is 37.3 Å². The van der Waals surface area contributed by atoms with Crippen LogP contribution in [0, 0.1) is 11.3 Å². The van der Waals surface area contributed by atoms with Crippen LogP contribution in [0.3, 0.4) is 0 Å². The quantitative estimate of drug-likeness (QED) is 0.547. The summed E-state index contributed by atoms with van der Waals surface area (Å²) in [6.07, 6.45) is 1.42. The minimum absolute atomic E-state index is 0.0378. The second-order valence-electron chi connectivity index (χ2n) is 5.48. The summed E-state index contributed by atoms with van der Waals surface area (Å²) >= 11 is 0. The van der Waals surface area contributed by atoms with Crippen molar-refractivity contribution in [3.05, 3.63) is 36.0 Å². The number of morpholine rings is 1. The molecule has 1 heterocycles. The first-order valence-corrected chi connectivity index (χ1v) is 8.41. The number of nitriles is 1. The van der Waals surface area contributed by atoms with Gasteiger partial charge in [0.05, 0.1) is 19.8 Å². The Balaban J connectivity index is 1.79. The maximum atomic E-state index is 12.1. The molecule has 0 unspecified atom stereocenters. The third-order valence-electron chi connectivity index (χ3n) is 3.73. The van der Waals surface area contributed by atoms with Gasteiger partial charge in [0, 0.05) is 38.1 Å². The number of ether oxygens (including phenoxy) is 2. The maximum Gasteiger partial charge on any atom is 0.263 e. The van der Waals surface area contributed by atoms with Gasteiger partial charge >= 0.3 is 0 Å². The fraction of sp³-hybridized carbons (Fsp3) is 0.444. The number of carbonyl (C=O) groups is 1. The van der Waals surface area contributed by atoms with Crippen LogP contribution in [0.15, 0.2) is 36.0 Å². The molecule has 0 aliphatic carbocycles. The van der Waals surface area contributed by atoms with Crippen molar-refractivity contribution < 1.29 is 14.3 Å². The molecule has 1 saturated heterocycles. The number of rotatable bonds is 8.